The van der Waals surface area contributed by atoms with Crippen molar-refractivity contribution in [3.8, 4) is 0 Å². The lowest BCUT2D eigenvalue weighted by Gasteiger charge is -2.37. The van der Waals surface area contributed by atoms with Gasteiger partial charge in [-0.2, -0.15) is 5.06 Å². The number of Topliss-reactive ketones (excluding diaryl/α,β-unsaturated/α-hetero) is 1. The van der Waals surface area contributed by atoms with Crippen LogP contribution in [-0.4, -0.2) is 53.0 Å². The first-order valence-electron chi connectivity index (χ1n) is 8.86. The number of carbonyl (C=O) groups is 2. The zero-order chi connectivity index (χ0) is 19.3. The van der Waals surface area contributed by atoms with E-state index < -0.39 is 33.6 Å². The van der Waals surface area contributed by atoms with Crippen molar-refractivity contribution >= 4 is 11.7 Å². The number of ketones is 1. The minimum Gasteiger partial charge on any atom is -0.336 e. The number of nitrogens with one attached hydrogen (secondary N) is 1. The Balaban J connectivity index is 2.05. The summed E-state index contributed by atoms with van der Waals surface area (Å²) >= 11 is 0. The fourth-order valence-electron chi connectivity index (χ4n) is 4.93. The van der Waals surface area contributed by atoms with E-state index in [1.54, 1.807) is 19.1 Å². The monoisotopic (exact) mass is 363 g/mol. The van der Waals surface area contributed by atoms with Gasteiger partial charge in [-0.15, -0.1) is 0 Å². The highest BCUT2D eigenvalue weighted by atomic mass is 16.7. The van der Waals surface area contributed by atoms with Gasteiger partial charge >= 0.3 is 11.4 Å². The second-order valence-electron chi connectivity index (χ2n) is 7.64. The lowest BCUT2D eigenvalue weighted by atomic mass is 9.65. The first kappa shape index (κ1) is 18.7. The number of hydroxylamine groups is 2. The maximum absolute atomic E-state index is 13.5. The number of allylic oxidation sites excluding steroid dienone is 3. The first-order valence-corrected chi connectivity index (χ1v) is 8.86. The fourth-order valence-corrected chi connectivity index (χ4v) is 4.93. The number of carbonyl (C=O) groups excluding carboxylic acids is 2. The topological polar surface area (TPSA) is 102 Å². The lowest BCUT2D eigenvalue weighted by Crippen LogP contribution is -2.61. The van der Waals surface area contributed by atoms with Crippen molar-refractivity contribution in [3.63, 3.8) is 0 Å². The summed E-state index contributed by atoms with van der Waals surface area (Å²) in [5, 5.41) is 16.6. The molecule has 0 aromatic carbocycles. The molecular weight excluding hydrogens is 338 g/mol. The van der Waals surface area contributed by atoms with E-state index >= 15 is 0 Å². The van der Waals surface area contributed by atoms with Crippen LogP contribution in [0.4, 0.5) is 0 Å². The molecular formula is C18H25N3O5. The van der Waals surface area contributed by atoms with Crippen molar-refractivity contribution in [1.82, 2.24) is 10.4 Å². The Morgan fingerprint density at radius 3 is 2.42 bits per heavy atom. The van der Waals surface area contributed by atoms with E-state index in [-0.39, 0.29) is 5.92 Å². The largest absolute Gasteiger partial charge is 0.364 e. The van der Waals surface area contributed by atoms with E-state index in [9.17, 15) is 19.7 Å². The van der Waals surface area contributed by atoms with Crippen LogP contribution in [-0.2, 0) is 14.4 Å². The molecule has 3 rings (SSSR count). The number of piperidine rings is 1. The zero-order valence-electron chi connectivity index (χ0n) is 15.6. The Kier molecular flexibility index (Phi) is 4.52. The molecule has 26 heavy (non-hydrogen) atoms. The molecule has 0 aromatic rings. The van der Waals surface area contributed by atoms with Crippen LogP contribution in [0.5, 0.6) is 0 Å². The predicted molar refractivity (Wildman–Crippen MR) is 93.6 cm³/mol. The molecule has 2 heterocycles. The van der Waals surface area contributed by atoms with Crippen molar-refractivity contribution in [3.05, 3.63) is 33.4 Å². The Labute approximate surface area is 152 Å². The van der Waals surface area contributed by atoms with Crippen molar-refractivity contribution < 1.29 is 19.3 Å². The van der Waals surface area contributed by atoms with Crippen molar-refractivity contribution in [2.45, 2.75) is 44.7 Å². The average molecular weight is 363 g/mol. The van der Waals surface area contributed by atoms with Crippen LogP contribution in [0.3, 0.4) is 0 Å². The molecule has 0 bridgehead atoms. The molecule has 1 N–H and O–H groups in total. The molecule has 0 aromatic heterocycles. The van der Waals surface area contributed by atoms with Crippen LogP contribution in [0.1, 0.15) is 33.6 Å². The van der Waals surface area contributed by atoms with Gasteiger partial charge in [0.2, 0.25) is 5.78 Å². The minimum atomic E-state index is -2.27. The molecule has 3 unspecified atom stereocenters. The fraction of sp³-hybridized carbons (Fsp3) is 0.667. The third-order valence-corrected chi connectivity index (χ3v) is 6.05. The first-order chi connectivity index (χ1) is 12.2. The van der Waals surface area contributed by atoms with Gasteiger partial charge in [0, 0.05) is 18.0 Å². The van der Waals surface area contributed by atoms with Crippen LogP contribution < -0.4 is 5.32 Å². The van der Waals surface area contributed by atoms with E-state index in [4.69, 9.17) is 4.84 Å². The molecule has 1 amide bonds. The van der Waals surface area contributed by atoms with E-state index in [1.165, 1.54) is 0 Å². The summed E-state index contributed by atoms with van der Waals surface area (Å²) < 4.78 is 0. The standard InChI is InChI=1S/C18H25N3O5/c1-11-9-12(2)14(13(3)10-11)18(21(24)25)15(22)17(19-16(18)23)5-7-20(26-4)8-6-17/h9-10,12,14H,5-8H2,1-4H3,(H,19,23). The van der Waals surface area contributed by atoms with Gasteiger partial charge in [0.05, 0.1) is 13.0 Å². The molecule has 0 saturated carbocycles. The molecule has 1 spiro atoms. The average Bonchev–Trinajstić information content (AvgIpc) is 2.77. The van der Waals surface area contributed by atoms with E-state index in [0.717, 1.165) is 5.57 Å². The van der Waals surface area contributed by atoms with Crippen LogP contribution in [0.25, 0.3) is 0 Å². The summed E-state index contributed by atoms with van der Waals surface area (Å²) in [6, 6.07) is 0. The minimum absolute atomic E-state index is 0.283. The van der Waals surface area contributed by atoms with Gasteiger partial charge in [-0.05, 0) is 32.6 Å². The van der Waals surface area contributed by atoms with Crippen LogP contribution in [0.15, 0.2) is 23.3 Å². The lowest BCUT2D eigenvalue weighted by molar-refractivity contribution is -0.543. The Bertz CT molecular complexity index is 720. The summed E-state index contributed by atoms with van der Waals surface area (Å²) in [5.74, 6) is -2.45. The van der Waals surface area contributed by atoms with Crippen molar-refractivity contribution in [2.75, 3.05) is 20.2 Å². The Morgan fingerprint density at radius 2 is 1.92 bits per heavy atom. The molecule has 8 heteroatoms. The maximum atomic E-state index is 13.5. The molecule has 1 aliphatic carbocycles. The molecule has 8 nitrogen and oxygen atoms in total. The molecule has 3 atom stereocenters. The van der Waals surface area contributed by atoms with E-state index in [0.29, 0.717) is 31.5 Å². The number of nitrogens with zero attached hydrogens (tertiary/aromatic N) is 2. The van der Waals surface area contributed by atoms with Gasteiger partial charge in [0.15, 0.2) is 0 Å². The van der Waals surface area contributed by atoms with Gasteiger partial charge < -0.3 is 10.2 Å². The number of hydrogen-bond acceptors (Lipinski definition) is 6. The Morgan fingerprint density at radius 1 is 1.31 bits per heavy atom. The zero-order valence-corrected chi connectivity index (χ0v) is 15.6. The van der Waals surface area contributed by atoms with Gasteiger partial charge in [0.1, 0.15) is 5.54 Å². The molecule has 0 radical (unpaired) electrons. The normalized spacial score (nSPS) is 34.5. The summed E-state index contributed by atoms with van der Waals surface area (Å²) in [7, 11) is 1.54. The van der Waals surface area contributed by atoms with Crippen LogP contribution >= 0.6 is 0 Å². The molecule has 2 aliphatic heterocycles. The van der Waals surface area contributed by atoms with Crippen molar-refractivity contribution in [1.29, 1.82) is 0 Å². The van der Waals surface area contributed by atoms with Crippen LogP contribution in [0, 0.1) is 22.0 Å². The van der Waals surface area contributed by atoms with Gasteiger partial charge in [0.25, 0.3) is 0 Å². The molecule has 2 fully saturated rings. The third kappa shape index (κ3) is 2.43. The van der Waals surface area contributed by atoms with Gasteiger partial charge in [-0.1, -0.05) is 30.2 Å². The van der Waals surface area contributed by atoms with Crippen molar-refractivity contribution in [2.24, 2.45) is 11.8 Å². The number of rotatable bonds is 3. The second-order valence-corrected chi connectivity index (χ2v) is 7.64. The van der Waals surface area contributed by atoms with E-state index in [2.05, 4.69) is 5.32 Å². The van der Waals surface area contributed by atoms with Gasteiger partial charge in [-0.25, -0.2) is 0 Å². The summed E-state index contributed by atoms with van der Waals surface area (Å²) in [5.41, 5.74) is -1.77. The summed E-state index contributed by atoms with van der Waals surface area (Å²) in [6.07, 6.45) is 4.33. The number of amides is 1. The number of nitro groups is 1. The van der Waals surface area contributed by atoms with E-state index in [1.807, 2.05) is 26.0 Å². The summed E-state index contributed by atoms with van der Waals surface area (Å²) in [6.45, 7) is 6.37. The SMILES string of the molecule is CON1CCC2(CC1)NC(=O)C(C1C(C)=CC(C)=CC1C)([N+](=O)[O-])C2=O. The highest BCUT2D eigenvalue weighted by Gasteiger charge is 2.75. The Hall–Kier alpha value is -2.06. The molecule has 3 aliphatic rings. The highest BCUT2D eigenvalue weighted by Crippen LogP contribution is 2.46. The van der Waals surface area contributed by atoms with Gasteiger partial charge in [-0.3, -0.25) is 19.7 Å². The molecule has 142 valence electrons. The summed E-state index contributed by atoms with van der Waals surface area (Å²) in [4.78, 5) is 43.2. The quantitative estimate of drug-likeness (QED) is 0.460. The third-order valence-electron chi connectivity index (χ3n) is 6.05. The molecule has 2 saturated heterocycles. The number of hydrogen-bond donors (Lipinski definition) is 1. The predicted octanol–water partition coefficient (Wildman–Crippen LogP) is 1.26. The smallest absolute Gasteiger partial charge is 0.336 e. The van der Waals surface area contributed by atoms with Crippen LogP contribution in [0.2, 0.25) is 0 Å². The highest BCUT2D eigenvalue weighted by molar-refractivity contribution is 6.20. The second kappa shape index (κ2) is 6.28. The maximum Gasteiger partial charge on any atom is 0.364 e.